The van der Waals surface area contributed by atoms with Crippen LogP contribution in [0.4, 0.5) is 52.7 Å². The molecule has 2 aliphatic carbocycles. The van der Waals surface area contributed by atoms with E-state index in [0.29, 0.717) is 13.3 Å². The van der Waals surface area contributed by atoms with Crippen LogP contribution in [0.25, 0.3) is 0 Å². The number of hydrogen-bond acceptors (Lipinski definition) is 2. The highest BCUT2D eigenvalue weighted by molar-refractivity contribution is 5.08. The van der Waals surface area contributed by atoms with Gasteiger partial charge in [0.25, 0.3) is 11.2 Å². The van der Waals surface area contributed by atoms with Gasteiger partial charge in [-0.3, -0.25) is 0 Å². The summed E-state index contributed by atoms with van der Waals surface area (Å²) in [6, 6.07) is 0. The van der Waals surface area contributed by atoms with Gasteiger partial charge in [-0.2, -0.15) is 52.7 Å². The first-order valence-electron chi connectivity index (χ1n) is 11.3. The van der Waals surface area contributed by atoms with Gasteiger partial charge in [-0.1, -0.05) is 51.9 Å². The Hall–Kier alpha value is -0.920. The third-order valence-corrected chi connectivity index (χ3v) is 8.01. The van der Waals surface area contributed by atoms with E-state index in [1.54, 1.807) is 0 Å². The third-order valence-electron chi connectivity index (χ3n) is 8.01. The van der Waals surface area contributed by atoms with Crippen molar-refractivity contribution in [1.82, 2.24) is 0 Å². The Morgan fingerprint density at radius 2 is 0.857 bits per heavy atom. The Morgan fingerprint density at radius 1 is 0.514 bits per heavy atom. The van der Waals surface area contributed by atoms with Gasteiger partial charge in [0.1, 0.15) is 0 Å². The van der Waals surface area contributed by atoms with Crippen LogP contribution in [-0.2, 0) is 0 Å². The molecule has 0 aromatic carbocycles. The van der Waals surface area contributed by atoms with Gasteiger partial charge in [-0.05, 0) is 30.6 Å². The molecular weight excluding hydrogens is 512 g/mol. The molecule has 35 heavy (non-hydrogen) atoms. The summed E-state index contributed by atoms with van der Waals surface area (Å²) < 4.78 is 165. The predicted molar refractivity (Wildman–Crippen MR) is 98.8 cm³/mol. The molecule has 14 heteroatoms. The summed E-state index contributed by atoms with van der Waals surface area (Å²) >= 11 is 0. The molecule has 0 amide bonds. The molecule has 2 fully saturated rings. The van der Waals surface area contributed by atoms with Crippen LogP contribution < -0.4 is 0 Å². The number of halogens is 12. The number of alkyl halides is 12. The van der Waals surface area contributed by atoms with Crippen LogP contribution in [0.3, 0.4) is 0 Å². The van der Waals surface area contributed by atoms with Crippen LogP contribution in [-0.4, -0.2) is 46.1 Å². The van der Waals surface area contributed by atoms with Crippen LogP contribution in [0.15, 0.2) is 0 Å². The fourth-order valence-corrected chi connectivity index (χ4v) is 6.27. The van der Waals surface area contributed by atoms with Crippen molar-refractivity contribution in [3.63, 3.8) is 0 Å². The standard InChI is InChI=1S/C21H28F12O2/c1-11(16(34,18(22,23)24)19(25,26)27)13-9-5-6-10-14(13)15(12-7-3-2-4-8-12)17(35,20(28,29)30)21(31,32)33/h11-15,34-35H,2-10H2,1H3. The van der Waals surface area contributed by atoms with E-state index in [4.69, 9.17) is 0 Å². The zero-order chi connectivity index (χ0) is 27.3. The molecule has 0 spiro atoms. The quantitative estimate of drug-likeness (QED) is 0.359. The van der Waals surface area contributed by atoms with Gasteiger partial charge in [0.05, 0.1) is 0 Å². The summed E-state index contributed by atoms with van der Waals surface area (Å²) in [7, 11) is 0. The van der Waals surface area contributed by atoms with Crippen LogP contribution in [0.1, 0.15) is 64.7 Å². The average Bonchev–Trinajstić information content (AvgIpc) is 2.70. The molecule has 208 valence electrons. The summed E-state index contributed by atoms with van der Waals surface area (Å²) in [6.45, 7) is 0.349. The second-order valence-corrected chi connectivity index (χ2v) is 9.85. The van der Waals surface area contributed by atoms with E-state index in [9.17, 15) is 62.9 Å². The molecule has 0 saturated heterocycles. The molecule has 2 N–H and O–H groups in total. The van der Waals surface area contributed by atoms with Crippen molar-refractivity contribution in [1.29, 1.82) is 0 Å². The van der Waals surface area contributed by atoms with Crippen molar-refractivity contribution < 1.29 is 62.9 Å². The van der Waals surface area contributed by atoms with E-state index >= 15 is 0 Å². The minimum Gasteiger partial charge on any atom is -0.373 e. The SMILES string of the molecule is CC(C1CCCCC1C(C1CCCCC1)C(O)(C(F)(F)F)C(F)(F)F)C(O)(C(F)(F)F)C(F)(F)F. The number of aliphatic hydroxyl groups is 2. The lowest BCUT2D eigenvalue weighted by atomic mass is 9.56. The summed E-state index contributed by atoms with van der Waals surface area (Å²) in [5, 5.41) is 20.2. The van der Waals surface area contributed by atoms with E-state index < -0.39 is 78.3 Å². The van der Waals surface area contributed by atoms with Gasteiger partial charge < -0.3 is 10.2 Å². The van der Waals surface area contributed by atoms with Gasteiger partial charge in [-0.25, -0.2) is 0 Å². The van der Waals surface area contributed by atoms with Crippen molar-refractivity contribution in [3.8, 4) is 0 Å². The second kappa shape index (κ2) is 9.75. The summed E-state index contributed by atoms with van der Waals surface area (Å²) in [5.41, 5.74) is -10.7. The lowest BCUT2D eigenvalue weighted by molar-refractivity contribution is -0.404. The highest BCUT2D eigenvalue weighted by atomic mass is 19.4. The first-order chi connectivity index (χ1) is 15.6. The maximum atomic E-state index is 13.9. The number of hydrogen-bond donors (Lipinski definition) is 2. The Kier molecular flexibility index (Phi) is 8.44. The van der Waals surface area contributed by atoms with Crippen molar-refractivity contribution >= 4 is 0 Å². The maximum absolute atomic E-state index is 13.9. The largest absolute Gasteiger partial charge is 0.426 e. The Bertz CT molecular complexity index is 675. The topological polar surface area (TPSA) is 40.5 Å². The smallest absolute Gasteiger partial charge is 0.373 e. The molecule has 0 bridgehead atoms. The van der Waals surface area contributed by atoms with E-state index in [1.165, 1.54) is 0 Å². The monoisotopic (exact) mass is 540 g/mol. The van der Waals surface area contributed by atoms with Crippen molar-refractivity contribution in [3.05, 3.63) is 0 Å². The molecular formula is C21H28F12O2. The molecule has 2 nitrogen and oxygen atoms in total. The molecule has 2 rings (SSSR count). The molecule has 0 aliphatic heterocycles. The highest BCUT2D eigenvalue weighted by Crippen LogP contribution is 2.60. The first-order valence-corrected chi connectivity index (χ1v) is 11.3. The van der Waals surface area contributed by atoms with Gasteiger partial charge in [0, 0.05) is 11.8 Å². The minimum absolute atomic E-state index is 0.0423. The Labute approximate surface area is 194 Å². The van der Waals surface area contributed by atoms with E-state index in [1.807, 2.05) is 0 Å². The van der Waals surface area contributed by atoms with Crippen LogP contribution >= 0.6 is 0 Å². The van der Waals surface area contributed by atoms with Crippen LogP contribution in [0.2, 0.25) is 0 Å². The fourth-order valence-electron chi connectivity index (χ4n) is 6.27. The van der Waals surface area contributed by atoms with Gasteiger partial charge >= 0.3 is 24.7 Å². The Morgan fingerprint density at radius 3 is 1.23 bits per heavy atom. The van der Waals surface area contributed by atoms with Crippen molar-refractivity contribution in [2.75, 3.05) is 0 Å². The summed E-state index contributed by atoms with van der Waals surface area (Å²) in [6.07, 6.45) is -25.9. The van der Waals surface area contributed by atoms with Crippen LogP contribution in [0.5, 0.6) is 0 Å². The molecule has 0 aromatic heterocycles. The third kappa shape index (κ3) is 5.24. The fraction of sp³-hybridized carbons (Fsp3) is 1.00. The van der Waals surface area contributed by atoms with E-state index in [2.05, 4.69) is 0 Å². The van der Waals surface area contributed by atoms with Gasteiger partial charge in [0.15, 0.2) is 0 Å². The minimum atomic E-state index is -6.29. The van der Waals surface area contributed by atoms with Crippen LogP contribution in [0, 0.1) is 29.6 Å². The molecule has 4 unspecified atom stereocenters. The molecule has 2 aliphatic rings. The second-order valence-electron chi connectivity index (χ2n) is 9.85. The predicted octanol–water partition coefficient (Wildman–Crippen LogP) is 7.34. The molecule has 0 heterocycles. The molecule has 0 radical (unpaired) electrons. The zero-order valence-electron chi connectivity index (χ0n) is 18.7. The summed E-state index contributed by atoms with van der Waals surface area (Å²) in [5.74, 6) is -11.0. The van der Waals surface area contributed by atoms with E-state index in [-0.39, 0.29) is 38.5 Å². The lowest BCUT2D eigenvalue weighted by Gasteiger charge is -2.52. The molecule has 0 aromatic rings. The van der Waals surface area contributed by atoms with Crippen molar-refractivity contribution in [2.45, 2.75) is 101 Å². The first kappa shape index (κ1) is 30.3. The van der Waals surface area contributed by atoms with E-state index in [0.717, 1.165) is 0 Å². The molecule has 4 atom stereocenters. The average molecular weight is 540 g/mol. The molecule has 2 saturated carbocycles. The summed E-state index contributed by atoms with van der Waals surface area (Å²) in [4.78, 5) is 0. The normalized spacial score (nSPS) is 26.5. The zero-order valence-corrected chi connectivity index (χ0v) is 18.7. The van der Waals surface area contributed by atoms with Gasteiger partial charge in [0.2, 0.25) is 0 Å². The van der Waals surface area contributed by atoms with Gasteiger partial charge in [-0.15, -0.1) is 0 Å². The number of rotatable bonds is 5. The Balaban J connectivity index is 2.72. The lowest BCUT2D eigenvalue weighted by Crippen LogP contribution is -2.67. The maximum Gasteiger partial charge on any atom is 0.426 e. The van der Waals surface area contributed by atoms with Crippen molar-refractivity contribution in [2.24, 2.45) is 29.6 Å². The highest BCUT2D eigenvalue weighted by Gasteiger charge is 2.78.